The molecule has 2 aromatic rings. The maximum atomic E-state index is 13.0. The van der Waals surface area contributed by atoms with E-state index in [-0.39, 0.29) is 24.3 Å². The number of H-pyrrole nitrogens is 1. The maximum Gasteiger partial charge on any atom is 0.254 e. The highest BCUT2D eigenvalue weighted by molar-refractivity contribution is 7.98. The number of fused-ring (bicyclic) bond motifs is 1. The summed E-state index contributed by atoms with van der Waals surface area (Å²) in [5.74, 6) is 1.10. The molecule has 0 bridgehead atoms. The first-order valence-electron chi connectivity index (χ1n) is 10.6. The van der Waals surface area contributed by atoms with E-state index in [1.165, 1.54) is 31.0 Å². The van der Waals surface area contributed by atoms with E-state index in [4.69, 9.17) is 21.1 Å². The predicted molar refractivity (Wildman–Crippen MR) is 123 cm³/mol. The van der Waals surface area contributed by atoms with Crippen molar-refractivity contribution < 1.29 is 14.3 Å². The van der Waals surface area contributed by atoms with Crippen LogP contribution in [-0.4, -0.2) is 23.4 Å². The third kappa shape index (κ3) is 4.44. The molecule has 0 spiro atoms. The van der Waals surface area contributed by atoms with E-state index in [0.29, 0.717) is 39.1 Å². The maximum absolute atomic E-state index is 13.0. The van der Waals surface area contributed by atoms with Crippen LogP contribution in [0.25, 0.3) is 0 Å². The van der Waals surface area contributed by atoms with Gasteiger partial charge >= 0.3 is 0 Å². The van der Waals surface area contributed by atoms with E-state index in [1.807, 2.05) is 26.2 Å². The Bertz CT molecular complexity index is 1060. The molecule has 1 aromatic heterocycles. The van der Waals surface area contributed by atoms with Gasteiger partial charge in [0.05, 0.1) is 5.02 Å². The highest BCUT2D eigenvalue weighted by Gasteiger charge is 2.36. The van der Waals surface area contributed by atoms with Crippen LogP contribution in [0.4, 0.5) is 0 Å². The normalized spacial score (nSPS) is 18.3. The Morgan fingerprint density at radius 1 is 1.19 bits per heavy atom. The molecule has 1 aliphatic heterocycles. The van der Waals surface area contributed by atoms with Gasteiger partial charge in [-0.1, -0.05) is 30.9 Å². The number of amides is 1. The topological polar surface area (TPSA) is 80.4 Å². The van der Waals surface area contributed by atoms with Gasteiger partial charge < -0.3 is 19.8 Å². The lowest BCUT2D eigenvalue weighted by molar-refractivity contribution is -0.0176. The van der Waals surface area contributed by atoms with Gasteiger partial charge in [0.2, 0.25) is 6.29 Å². The molecule has 1 amide bonds. The number of carbonyl (C=O) groups is 1. The molecule has 1 saturated carbocycles. The zero-order valence-electron chi connectivity index (χ0n) is 18.0. The summed E-state index contributed by atoms with van der Waals surface area (Å²) < 4.78 is 12.2. The molecule has 6 nitrogen and oxygen atoms in total. The van der Waals surface area contributed by atoms with Gasteiger partial charge in [-0.15, -0.1) is 11.8 Å². The zero-order valence-corrected chi connectivity index (χ0v) is 19.5. The number of aromatic nitrogens is 1. The van der Waals surface area contributed by atoms with Crippen LogP contribution in [0, 0.1) is 19.8 Å². The fraction of sp³-hybridized carbons (Fsp3) is 0.478. The van der Waals surface area contributed by atoms with Gasteiger partial charge in [-0.25, -0.2) is 0 Å². The lowest BCUT2D eigenvalue weighted by Crippen LogP contribution is -2.30. The number of ether oxygens (including phenoxy) is 2. The van der Waals surface area contributed by atoms with Crippen LogP contribution in [0.3, 0.4) is 0 Å². The van der Waals surface area contributed by atoms with Crippen molar-refractivity contribution in [1.82, 2.24) is 10.3 Å². The summed E-state index contributed by atoms with van der Waals surface area (Å²) in [7, 11) is 0. The first-order chi connectivity index (χ1) is 14.9. The van der Waals surface area contributed by atoms with E-state index in [2.05, 4.69) is 10.3 Å². The molecule has 2 aliphatic rings. The number of aromatic amines is 1. The van der Waals surface area contributed by atoms with Crippen molar-refractivity contribution in [3.05, 3.63) is 49.9 Å². The largest absolute Gasteiger partial charge is 0.450 e. The van der Waals surface area contributed by atoms with Crippen molar-refractivity contribution in [2.24, 2.45) is 5.92 Å². The van der Waals surface area contributed by atoms with Gasteiger partial charge in [0.15, 0.2) is 11.5 Å². The molecular formula is C23H27ClN2O4S. The van der Waals surface area contributed by atoms with Gasteiger partial charge in [0.1, 0.15) is 0 Å². The summed E-state index contributed by atoms with van der Waals surface area (Å²) in [5.41, 5.74) is 2.24. The fourth-order valence-electron chi connectivity index (χ4n) is 4.34. The minimum Gasteiger partial charge on any atom is -0.450 e. The molecule has 0 saturated heterocycles. The number of hydrogen-bond donors (Lipinski definition) is 2. The average molecular weight is 463 g/mol. The quantitative estimate of drug-likeness (QED) is 0.613. The lowest BCUT2D eigenvalue weighted by atomic mass is 9.89. The van der Waals surface area contributed by atoms with Crippen molar-refractivity contribution in [3.8, 4) is 11.5 Å². The van der Waals surface area contributed by atoms with E-state index < -0.39 is 0 Å². The Hall–Kier alpha value is -2.12. The Labute approximate surface area is 191 Å². The summed E-state index contributed by atoms with van der Waals surface area (Å²) in [6.45, 7) is 3.80. The molecule has 2 heterocycles. The summed E-state index contributed by atoms with van der Waals surface area (Å²) >= 11 is 7.94. The summed E-state index contributed by atoms with van der Waals surface area (Å²) in [4.78, 5) is 29.0. The monoisotopic (exact) mass is 462 g/mol. The number of hydrogen-bond acceptors (Lipinski definition) is 5. The summed E-state index contributed by atoms with van der Waals surface area (Å²) in [6.07, 6.45) is 7.32. The molecule has 8 heteroatoms. The van der Waals surface area contributed by atoms with Gasteiger partial charge in [-0.2, -0.15) is 0 Å². The van der Waals surface area contributed by atoms with E-state index in [0.717, 1.165) is 23.4 Å². The van der Waals surface area contributed by atoms with Crippen LogP contribution >= 0.6 is 23.4 Å². The molecule has 0 radical (unpaired) electrons. The Kier molecular flexibility index (Phi) is 6.53. The van der Waals surface area contributed by atoms with Crippen LogP contribution in [-0.2, 0) is 6.54 Å². The molecule has 2 N–H and O–H groups in total. The Morgan fingerprint density at radius 3 is 2.61 bits per heavy atom. The first-order valence-corrected chi connectivity index (χ1v) is 12.2. The second-order valence-electron chi connectivity index (χ2n) is 8.20. The highest BCUT2D eigenvalue weighted by atomic mass is 35.5. The third-order valence-corrected chi connectivity index (χ3v) is 7.15. The highest BCUT2D eigenvalue weighted by Crippen LogP contribution is 2.47. The molecule has 166 valence electrons. The molecule has 1 aliphatic carbocycles. The average Bonchev–Trinajstić information content (AvgIpc) is 3.22. The van der Waals surface area contributed by atoms with Crippen molar-refractivity contribution in [1.29, 1.82) is 0 Å². The number of rotatable bonds is 5. The predicted octanol–water partition coefficient (Wildman–Crippen LogP) is 4.97. The van der Waals surface area contributed by atoms with E-state index >= 15 is 0 Å². The van der Waals surface area contributed by atoms with Crippen LogP contribution in [0.5, 0.6) is 11.5 Å². The number of pyridine rings is 1. The molecule has 1 atom stereocenters. The first kappa shape index (κ1) is 22.1. The lowest BCUT2D eigenvalue weighted by Gasteiger charge is -2.25. The molecule has 1 fully saturated rings. The van der Waals surface area contributed by atoms with Gasteiger partial charge in [0, 0.05) is 39.7 Å². The fourth-order valence-corrected chi connectivity index (χ4v) is 5.29. The van der Waals surface area contributed by atoms with Gasteiger partial charge in [-0.05, 0) is 45.1 Å². The minimum atomic E-state index is -0.347. The van der Waals surface area contributed by atoms with Crippen LogP contribution in [0.15, 0.2) is 21.8 Å². The Balaban J connectivity index is 1.53. The number of aryl methyl sites for hydroxylation is 1. The van der Waals surface area contributed by atoms with E-state index in [9.17, 15) is 9.59 Å². The second kappa shape index (κ2) is 9.17. The van der Waals surface area contributed by atoms with Crippen LogP contribution < -0.4 is 20.3 Å². The summed E-state index contributed by atoms with van der Waals surface area (Å²) in [5, 5.41) is 3.22. The van der Waals surface area contributed by atoms with Crippen LogP contribution in [0.1, 0.15) is 59.3 Å². The number of carbonyl (C=O) groups excluding carboxylic acids is 1. The molecule has 1 aromatic carbocycles. The SMILES string of the molecule is CSc1cc(C)[nH]c(=O)c1CNC(=O)c1cc(Cl)c2c(c1C)OC(C1CCCCC1)O2. The van der Waals surface area contributed by atoms with Crippen molar-refractivity contribution >= 4 is 29.3 Å². The molecule has 4 rings (SSSR count). The van der Waals surface area contributed by atoms with Crippen molar-refractivity contribution in [2.45, 2.75) is 63.7 Å². The number of halogens is 1. The molecular weight excluding hydrogens is 436 g/mol. The van der Waals surface area contributed by atoms with Gasteiger partial charge in [0.25, 0.3) is 11.5 Å². The number of thioether (sulfide) groups is 1. The number of nitrogens with one attached hydrogen (secondary N) is 2. The van der Waals surface area contributed by atoms with Gasteiger partial charge in [-0.3, -0.25) is 9.59 Å². The zero-order chi connectivity index (χ0) is 22.1. The number of benzene rings is 1. The summed E-state index contributed by atoms with van der Waals surface area (Å²) in [6, 6.07) is 3.52. The smallest absolute Gasteiger partial charge is 0.254 e. The van der Waals surface area contributed by atoms with Crippen molar-refractivity contribution in [3.63, 3.8) is 0 Å². The van der Waals surface area contributed by atoms with Crippen molar-refractivity contribution in [2.75, 3.05) is 6.26 Å². The Morgan fingerprint density at radius 2 is 1.90 bits per heavy atom. The minimum absolute atomic E-state index is 0.126. The third-order valence-electron chi connectivity index (χ3n) is 6.06. The van der Waals surface area contributed by atoms with Crippen LogP contribution in [0.2, 0.25) is 5.02 Å². The second-order valence-corrected chi connectivity index (χ2v) is 9.46. The standard InChI is InChI=1S/C23H27ClN2O4S/c1-12-9-18(31-3)16(22(28)26-12)11-25-21(27)15-10-17(24)20-19(13(15)2)29-23(30-20)14-7-5-4-6-8-14/h9-10,14,23H,4-8,11H2,1-3H3,(H,25,27)(H,26,28). The van der Waals surface area contributed by atoms with E-state index in [1.54, 1.807) is 6.07 Å². The molecule has 1 unspecified atom stereocenters. The molecule has 31 heavy (non-hydrogen) atoms.